The Morgan fingerprint density at radius 1 is 0.812 bits per heavy atom. The first kappa shape index (κ1) is 12.9. The molecule has 1 heteroatoms. The fourth-order valence-electron chi connectivity index (χ4n) is 4.53. The highest BCUT2D eigenvalue weighted by atomic mass is 31.1. The van der Waals surface area contributed by atoms with E-state index >= 15 is 0 Å². The first-order valence-corrected chi connectivity index (χ1v) is 8.40. The molecule has 0 saturated heterocycles. The monoisotopic (exact) mass is 240 g/mol. The Bertz CT molecular complexity index is 242. The van der Waals surface area contributed by atoms with Crippen molar-refractivity contribution in [2.24, 2.45) is 11.8 Å². The van der Waals surface area contributed by atoms with E-state index in [2.05, 4.69) is 41.5 Å². The topological polar surface area (TPSA) is 0 Å². The molecule has 0 radical (unpaired) electrons. The van der Waals surface area contributed by atoms with Crippen LogP contribution < -0.4 is 0 Å². The predicted molar refractivity (Wildman–Crippen MR) is 75.7 cm³/mol. The van der Waals surface area contributed by atoms with Crippen molar-refractivity contribution in [2.75, 3.05) is 0 Å². The highest BCUT2D eigenvalue weighted by molar-refractivity contribution is 7.61. The van der Waals surface area contributed by atoms with Gasteiger partial charge in [-0.3, -0.25) is 0 Å². The minimum atomic E-state index is 0.141. The lowest BCUT2D eigenvalue weighted by atomic mass is 10.0. The highest BCUT2D eigenvalue weighted by Gasteiger charge is 2.49. The minimum absolute atomic E-state index is 0.141. The predicted octanol–water partition coefficient (Wildman–Crippen LogP) is 5.25. The van der Waals surface area contributed by atoms with E-state index in [1.807, 2.05) is 0 Å². The van der Waals surface area contributed by atoms with Crippen LogP contribution in [-0.4, -0.2) is 16.0 Å². The van der Waals surface area contributed by atoms with Gasteiger partial charge in [-0.25, -0.2) is 0 Å². The largest absolute Gasteiger partial charge is 0.0922 e. The molecule has 0 aromatic rings. The molecule has 3 atom stereocenters. The standard InChI is InChI=1S/C15H29P/c1-14(2,3)16(15(4,5)6)13-10-11-7-8-12(13)9-11/h11-13H,7-10H2,1-6H3/t11-,12+,13-/m1/s1. The zero-order valence-corrected chi connectivity index (χ0v) is 12.9. The van der Waals surface area contributed by atoms with Gasteiger partial charge < -0.3 is 0 Å². The van der Waals surface area contributed by atoms with Crippen LogP contribution in [0.25, 0.3) is 0 Å². The van der Waals surface area contributed by atoms with Crippen LogP contribution in [-0.2, 0) is 0 Å². The highest BCUT2D eigenvalue weighted by Crippen LogP contribution is 2.69. The van der Waals surface area contributed by atoms with Crippen molar-refractivity contribution in [3.8, 4) is 0 Å². The third-order valence-corrected chi connectivity index (χ3v) is 8.66. The SMILES string of the molecule is CC(C)(C)P([C@@H]1C[C@@H]2CC[C@H]1C2)C(C)(C)C. The second-order valence-electron chi connectivity index (χ2n) is 7.95. The van der Waals surface area contributed by atoms with Crippen LogP contribution in [0.3, 0.4) is 0 Å². The molecule has 0 aromatic carbocycles. The Hall–Kier alpha value is 0.430. The fourth-order valence-corrected chi connectivity index (χ4v) is 9.73. The summed E-state index contributed by atoms with van der Waals surface area (Å²) in [6, 6.07) is 0. The van der Waals surface area contributed by atoms with Crippen LogP contribution in [0, 0.1) is 11.8 Å². The van der Waals surface area contributed by atoms with Crippen LogP contribution in [0.5, 0.6) is 0 Å². The Labute approximate surface area is 103 Å². The van der Waals surface area contributed by atoms with E-state index in [1.54, 1.807) is 25.7 Å². The molecule has 0 unspecified atom stereocenters. The van der Waals surface area contributed by atoms with Gasteiger partial charge in [0.2, 0.25) is 0 Å². The number of hydrogen-bond acceptors (Lipinski definition) is 0. The molecule has 0 aromatic heterocycles. The molecule has 16 heavy (non-hydrogen) atoms. The molecule has 0 amide bonds. The van der Waals surface area contributed by atoms with Crippen molar-refractivity contribution in [3.63, 3.8) is 0 Å². The Balaban J connectivity index is 2.20. The molecule has 2 bridgehead atoms. The van der Waals surface area contributed by atoms with Gasteiger partial charge >= 0.3 is 0 Å². The van der Waals surface area contributed by atoms with Crippen molar-refractivity contribution in [1.82, 2.24) is 0 Å². The Morgan fingerprint density at radius 3 is 1.69 bits per heavy atom. The summed E-state index contributed by atoms with van der Waals surface area (Å²) in [6.07, 6.45) is 6.21. The summed E-state index contributed by atoms with van der Waals surface area (Å²) in [5.74, 6) is 2.19. The number of hydrogen-bond donors (Lipinski definition) is 0. The average molecular weight is 240 g/mol. The lowest BCUT2D eigenvalue weighted by Crippen LogP contribution is -2.33. The molecule has 0 heterocycles. The van der Waals surface area contributed by atoms with E-state index < -0.39 is 0 Å². The number of fused-ring (bicyclic) bond motifs is 2. The second kappa shape index (κ2) is 3.98. The van der Waals surface area contributed by atoms with Gasteiger partial charge in [0.1, 0.15) is 0 Å². The van der Waals surface area contributed by atoms with Crippen LogP contribution >= 0.6 is 7.92 Å². The summed E-state index contributed by atoms with van der Waals surface area (Å²) in [7, 11) is 0.141. The van der Waals surface area contributed by atoms with Crippen molar-refractivity contribution in [3.05, 3.63) is 0 Å². The zero-order valence-electron chi connectivity index (χ0n) is 12.0. The molecule has 0 nitrogen and oxygen atoms in total. The quantitative estimate of drug-likeness (QED) is 0.549. The molecular formula is C15H29P. The molecule has 2 aliphatic rings. The Morgan fingerprint density at radius 2 is 1.38 bits per heavy atom. The van der Waals surface area contributed by atoms with E-state index in [0.717, 1.165) is 17.5 Å². The molecule has 94 valence electrons. The molecule has 0 aliphatic heterocycles. The first-order chi connectivity index (χ1) is 7.19. The number of rotatable bonds is 1. The van der Waals surface area contributed by atoms with Gasteiger partial charge in [0.25, 0.3) is 0 Å². The molecule has 2 aliphatic carbocycles. The summed E-state index contributed by atoms with van der Waals surface area (Å²) in [5, 5.41) is 1.06. The minimum Gasteiger partial charge on any atom is -0.0922 e. The van der Waals surface area contributed by atoms with Gasteiger partial charge in [0.05, 0.1) is 0 Å². The molecule has 2 fully saturated rings. The van der Waals surface area contributed by atoms with Gasteiger partial charge in [-0.1, -0.05) is 55.9 Å². The maximum atomic E-state index is 2.48. The van der Waals surface area contributed by atoms with Crippen molar-refractivity contribution < 1.29 is 0 Å². The normalized spacial score (nSPS) is 35.1. The molecule has 2 saturated carbocycles. The maximum Gasteiger partial charge on any atom is -0.0169 e. The molecule has 2 rings (SSSR count). The van der Waals surface area contributed by atoms with Crippen molar-refractivity contribution in [1.29, 1.82) is 0 Å². The Kier molecular flexibility index (Phi) is 3.20. The molecular weight excluding hydrogens is 211 g/mol. The van der Waals surface area contributed by atoms with E-state index in [-0.39, 0.29) is 7.92 Å². The van der Waals surface area contributed by atoms with Gasteiger partial charge in [-0.15, -0.1) is 0 Å². The smallest absolute Gasteiger partial charge is 0.0169 e. The summed E-state index contributed by atoms with van der Waals surface area (Å²) >= 11 is 0. The van der Waals surface area contributed by atoms with Gasteiger partial charge in [-0.2, -0.15) is 0 Å². The van der Waals surface area contributed by atoms with Crippen molar-refractivity contribution >= 4 is 7.92 Å². The van der Waals surface area contributed by atoms with Crippen LogP contribution in [0.2, 0.25) is 0 Å². The maximum absolute atomic E-state index is 2.48. The van der Waals surface area contributed by atoms with Crippen LogP contribution in [0.1, 0.15) is 67.2 Å². The van der Waals surface area contributed by atoms with Crippen molar-refractivity contribution in [2.45, 2.75) is 83.2 Å². The van der Waals surface area contributed by atoms with E-state index in [0.29, 0.717) is 10.3 Å². The van der Waals surface area contributed by atoms with Gasteiger partial charge in [-0.05, 0) is 47.1 Å². The summed E-state index contributed by atoms with van der Waals surface area (Å²) in [5.41, 5.74) is 1.08. The van der Waals surface area contributed by atoms with Gasteiger partial charge in [0.15, 0.2) is 0 Å². The summed E-state index contributed by atoms with van der Waals surface area (Å²) in [4.78, 5) is 0. The zero-order chi connectivity index (χ0) is 12.1. The first-order valence-electron chi connectivity index (χ1n) is 6.99. The third kappa shape index (κ3) is 2.33. The second-order valence-corrected chi connectivity index (χ2v) is 12.0. The molecule has 0 N–H and O–H groups in total. The van der Waals surface area contributed by atoms with E-state index in [1.165, 1.54) is 0 Å². The fraction of sp³-hybridized carbons (Fsp3) is 1.00. The summed E-state index contributed by atoms with van der Waals surface area (Å²) < 4.78 is 0. The van der Waals surface area contributed by atoms with Crippen LogP contribution in [0.15, 0.2) is 0 Å². The van der Waals surface area contributed by atoms with Gasteiger partial charge in [0, 0.05) is 0 Å². The lowest BCUT2D eigenvalue weighted by Gasteiger charge is -2.48. The molecule has 0 spiro atoms. The van der Waals surface area contributed by atoms with E-state index in [9.17, 15) is 0 Å². The third-order valence-electron chi connectivity index (χ3n) is 4.48. The average Bonchev–Trinajstić information content (AvgIpc) is 2.58. The van der Waals surface area contributed by atoms with Crippen LogP contribution in [0.4, 0.5) is 0 Å². The lowest BCUT2D eigenvalue weighted by molar-refractivity contribution is 0.475. The van der Waals surface area contributed by atoms with E-state index in [4.69, 9.17) is 0 Å². The summed E-state index contributed by atoms with van der Waals surface area (Å²) in [6.45, 7) is 14.9.